The Bertz CT molecular complexity index is 112. The smallest absolute Gasteiger partial charge is 0.151 e. The molecule has 1 fully saturated rings. The number of hydrogen-bond acceptors (Lipinski definition) is 2. The van der Waals surface area contributed by atoms with Crippen molar-refractivity contribution < 1.29 is 0 Å². The molecule has 0 aliphatic heterocycles. The van der Waals surface area contributed by atoms with E-state index in [2.05, 4.69) is 0 Å². The van der Waals surface area contributed by atoms with Gasteiger partial charge in [0.1, 0.15) is 0 Å². The quantitative estimate of drug-likeness (QED) is 0.530. The average molecular weight is 225 g/mol. The van der Waals surface area contributed by atoms with E-state index in [1.807, 2.05) is 0 Å². The maximum atomic E-state index is 7.00. The van der Waals surface area contributed by atoms with Crippen LogP contribution in [0, 0.1) is 5.41 Å². The van der Waals surface area contributed by atoms with Gasteiger partial charge in [-0.15, -0.1) is 17.0 Å². The molecular weight excluding hydrogens is 212 g/mol. The Balaban J connectivity index is 0.000000810. The molecule has 1 aliphatic rings. The zero-order valence-electron chi connectivity index (χ0n) is 5.80. The topological polar surface area (TPSA) is 49.9 Å². The lowest BCUT2D eigenvalue weighted by Crippen LogP contribution is -2.09. The first kappa shape index (κ1) is 10.3. The molecule has 0 bridgehead atoms. The summed E-state index contributed by atoms with van der Waals surface area (Å²) in [6.45, 7) is 0. The highest BCUT2D eigenvalue weighted by atomic mass is 79.9. The molecule has 0 spiro atoms. The molecule has 60 valence electrons. The summed E-state index contributed by atoms with van der Waals surface area (Å²) in [5, 5.41) is 7.93. The first-order valence-corrected chi connectivity index (χ1v) is 4.17. The fraction of sp³-hybridized carbons (Fsp3) is 0.833. The Labute approximate surface area is 76.2 Å². The molecule has 2 nitrogen and oxygen atoms in total. The minimum Gasteiger partial charge on any atom is -0.379 e. The van der Waals surface area contributed by atoms with Gasteiger partial charge < -0.3 is 5.73 Å². The number of nitrogens with two attached hydrogens (primary N) is 1. The number of nitrogens with one attached hydrogen (secondary N) is 1. The van der Waals surface area contributed by atoms with E-state index < -0.39 is 0 Å². The number of hydrogen-bond donors (Lipinski definition) is 2. The molecule has 0 unspecified atom stereocenters. The van der Waals surface area contributed by atoms with E-state index in [-0.39, 0.29) is 22.1 Å². The fourth-order valence-electron chi connectivity index (χ4n) is 1.19. The number of thioether (sulfide) groups is 1. The van der Waals surface area contributed by atoms with Crippen molar-refractivity contribution in [2.24, 2.45) is 5.73 Å². The van der Waals surface area contributed by atoms with Crippen LogP contribution in [0.3, 0.4) is 0 Å². The molecule has 1 rings (SSSR count). The highest BCUT2D eigenvalue weighted by molar-refractivity contribution is 8.93. The molecule has 0 atom stereocenters. The molecule has 0 radical (unpaired) electrons. The maximum absolute atomic E-state index is 7.00. The van der Waals surface area contributed by atoms with Crippen LogP contribution in [0.1, 0.15) is 25.7 Å². The predicted molar refractivity (Wildman–Crippen MR) is 52.1 cm³/mol. The SMILES string of the molecule is Br.N=C(N)SC1CCCC1. The van der Waals surface area contributed by atoms with Gasteiger partial charge in [0.2, 0.25) is 0 Å². The molecule has 1 saturated carbocycles. The van der Waals surface area contributed by atoms with Gasteiger partial charge in [-0.25, -0.2) is 0 Å². The van der Waals surface area contributed by atoms with E-state index in [0.717, 1.165) is 0 Å². The van der Waals surface area contributed by atoms with Crippen molar-refractivity contribution in [2.75, 3.05) is 0 Å². The van der Waals surface area contributed by atoms with Crippen LogP contribution in [0.2, 0.25) is 0 Å². The monoisotopic (exact) mass is 224 g/mol. The molecule has 1 aliphatic carbocycles. The second kappa shape index (κ2) is 5.02. The van der Waals surface area contributed by atoms with E-state index in [4.69, 9.17) is 11.1 Å². The third kappa shape index (κ3) is 3.46. The van der Waals surface area contributed by atoms with Crippen molar-refractivity contribution in [1.29, 1.82) is 5.41 Å². The van der Waals surface area contributed by atoms with E-state index >= 15 is 0 Å². The molecule has 10 heavy (non-hydrogen) atoms. The summed E-state index contributed by atoms with van der Waals surface area (Å²) in [4.78, 5) is 0. The Morgan fingerprint density at radius 1 is 1.40 bits per heavy atom. The number of amidine groups is 1. The average Bonchev–Trinajstić information content (AvgIpc) is 2.15. The second-order valence-electron chi connectivity index (χ2n) is 2.39. The zero-order chi connectivity index (χ0) is 6.69. The van der Waals surface area contributed by atoms with E-state index in [0.29, 0.717) is 5.25 Å². The van der Waals surface area contributed by atoms with Gasteiger partial charge in [0.15, 0.2) is 5.17 Å². The van der Waals surface area contributed by atoms with Crippen molar-refractivity contribution in [3.63, 3.8) is 0 Å². The van der Waals surface area contributed by atoms with Gasteiger partial charge in [-0.2, -0.15) is 0 Å². The van der Waals surface area contributed by atoms with Gasteiger partial charge in [0, 0.05) is 5.25 Å². The molecule has 0 heterocycles. The van der Waals surface area contributed by atoms with Crippen molar-refractivity contribution >= 4 is 33.9 Å². The Kier molecular flexibility index (Phi) is 5.17. The molecule has 0 aromatic carbocycles. The Morgan fingerprint density at radius 3 is 2.30 bits per heavy atom. The maximum Gasteiger partial charge on any atom is 0.151 e. The summed E-state index contributed by atoms with van der Waals surface area (Å²) < 4.78 is 0. The van der Waals surface area contributed by atoms with Gasteiger partial charge in [-0.1, -0.05) is 24.6 Å². The molecule has 0 aromatic rings. The summed E-state index contributed by atoms with van der Waals surface area (Å²) in [7, 11) is 0. The van der Waals surface area contributed by atoms with Gasteiger partial charge in [0.05, 0.1) is 0 Å². The van der Waals surface area contributed by atoms with Gasteiger partial charge in [-0.05, 0) is 12.8 Å². The fourth-order valence-corrected chi connectivity index (χ4v) is 2.11. The van der Waals surface area contributed by atoms with Gasteiger partial charge in [0.25, 0.3) is 0 Å². The van der Waals surface area contributed by atoms with E-state index in [1.54, 1.807) is 0 Å². The van der Waals surface area contributed by atoms with Crippen LogP contribution in [0.15, 0.2) is 0 Å². The predicted octanol–water partition coefficient (Wildman–Crippen LogP) is 2.13. The Morgan fingerprint density at radius 2 is 1.90 bits per heavy atom. The van der Waals surface area contributed by atoms with Crippen molar-refractivity contribution in [2.45, 2.75) is 30.9 Å². The highest BCUT2D eigenvalue weighted by Crippen LogP contribution is 2.28. The lowest BCUT2D eigenvalue weighted by molar-refractivity contribution is 0.886. The van der Waals surface area contributed by atoms with Crippen LogP contribution in [0.25, 0.3) is 0 Å². The third-order valence-electron chi connectivity index (χ3n) is 1.60. The van der Waals surface area contributed by atoms with Crippen LogP contribution in [0.5, 0.6) is 0 Å². The van der Waals surface area contributed by atoms with E-state index in [1.165, 1.54) is 37.4 Å². The summed E-state index contributed by atoms with van der Waals surface area (Å²) in [6, 6.07) is 0. The normalized spacial score (nSPS) is 18.4. The van der Waals surface area contributed by atoms with Crippen LogP contribution in [-0.2, 0) is 0 Å². The second-order valence-corrected chi connectivity index (χ2v) is 3.73. The molecule has 0 amide bonds. The van der Waals surface area contributed by atoms with Gasteiger partial charge in [-0.3, -0.25) is 5.41 Å². The Hall–Kier alpha value is 0.300. The summed E-state index contributed by atoms with van der Waals surface area (Å²) >= 11 is 1.52. The largest absolute Gasteiger partial charge is 0.379 e. The van der Waals surface area contributed by atoms with Crippen molar-refractivity contribution in [3.8, 4) is 0 Å². The molecule has 0 saturated heterocycles. The van der Waals surface area contributed by atoms with Crippen molar-refractivity contribution in [3.05, 3.63) is 0 Å². The molecule has 3 N–H and O–H groups in total. The summed E-state index contributed by atoms with van der Waals surface area (Å²) in [5.41, 5.74) is 5.22. The van der Waals surface area contributed by atoms with Crippen LogP contribution in [0.4, 0.5) is 0 Å². The third-order valence-corrected chi connectivity index (χ3v) is 2.65. The minimum absolute atomic E-state index is 0. The first-order valence-electron chi connectivity index (χ1n) is 3.29. The van der Waals surface area contributed by atoms with Crippen LogP contribution >= 0.6 is 28.7 Å². The van der Waals surface area contributed by atoms with Crippen LogP contribution in [-0.4, -0.2) is 10.4 Å². The molecule has 4 heteroatoms. The standard InChI is InChI=1S/C6H12N2S.BrH/c7-6(8)9-5-3-1-2-4-5;/h5H,1-4H2,(H3,7,8);1H. The summed E-state index contributed by atoms with van der Waals surface area (Å²) in [6.07, 6.45) is 5.16. The van der Waals surface area contributed by atoms with Crippen molar-refractivity contribution in [1.82, 2.24) is 0 Å². The molecular formula is C6H13BrN2S. The first-order chi connectivity index (χ1) is 4.29. The summed E-state index contributed by atoms with van der Waals surface area (Å²) in [5.74, 6) is 0. The number of rotatable bonds is 1. The minimum atomic E-state index is 0. The lowest BCUT2D eigenvalue weighted by atomic mass is 10.4. The lowest BCUT2D eigenvalue weighted by Gasteiger charge is -2.04. The molecule has 0 aromatic heterocycles. The van der Waals surface area contributed by atoms with E-state index in [9.17, 15) is 0 Å². The zero-order valence-corrected chi connectivity index (χ0v) is 8.33. The highest BCUT2D eigenvalue weighted by Gasteiger charge is 2.15. The van der Waals surface area contributed by atoms with Gasteiger partial charge >= 0.3 is 0 Å². The van der Waals surface area contributed by atoms with Crippen LogP contribution < -0.4 is 5.73 Å². The number of halogens is 1.